The second kappa shape index (κ2) is 4.28. The van der Waals surface area contributed by atoms with Crippen molar-refractivity contribution in [3.63, 3.8) is 0 Å². The molecule has 1 heterocycles. The van der Waals surface area contributed by atoms with Crippen LogP contribution in [0.4, 0.5) is 0 Å². The van der Waals surface area contributed by atoms with Gasteiger partial charge in [-0.05, 0) is 33.0 Å². The van der Waals surface area contributed by atoms with Crippen LogP contribution >= 0.6 is 23.2 Å². The van der Waals surface area contributed by atoms with Crippen LogP contribution in [-0.2, 0) is 0 Å². The van der Waals surface area contributed by atoms with E-state index in [9.17, 15) is 0 Å². The molecule has 16 heavy (non-hydrogen) atoms. The molecule has 1 N–H and O–H groups in total. The molecule has 0 amide bonds. The Labute approximate surface area is 105 Å². The summed E-state index contributed by atoms with van der Waals surface area (Å²) in [7, 11) is 1.89. The predicted molar refractivity (Wildman–Crippen MR) is 68.4 cm³/mol. The van der Waals surface area contributed by atoms with Crippen LogP contribution in [-0.4, -0.2) is 7.05 Å². The van der Waals surface area contributed by atoms with Gasteiger partial charge in [-0.1, -0.05) is 23.2 Å². The predicted octanol–water partition coefficient (Wildman–Crippen LogP) is 4.33. The Hall–Kier alpha value is -0.700. The molecule has 0 bridgehead atoms. The van der Waals surface area contributed by atoms with Crippen LogP contribution in [0.25, 0.3) is 11.0 Å². The molecule has 2 rings (SSSR count). The Morgan fingerprint density at radius 2 is 2.00 bits per heavy atom. The number of hydrogen-bond acceptors (Lipinski definition) is 2. The zero-order chi connectivity index (χ0) is 11.9. The van der Waals surface area contributed by atoms with E-state index < -0.39 is 0 Å². The number of hydrogen-bond donors (Lipinski definition) is 1. The molecule has 1 aromatic carbocycles. The number of fused-ring (bicyclic) bond motifs is 1. The van der Waals surface area contributed by atoms with Gasteiger partial charge in [0.2, 0.25) is 0 Å². The average molecular weight is 258 g/mol. The largest absolute Gasteiger partial charge is 0.457 e. The molecule has 0 radical (unpaired) electrons. The molecule has 0 saturated heterocycles. The van der Waals surface area contributed by atoms with Gasteiger partial charge in [-0.25, -0.2) is 0 Å². The summed E-state index contributed by atoms with van der Waals surface area (Å²) in [5.74, 6) is 0.904. The van der Waals surface area contributed by atoms with Crippen molar-refractivity contribution in [2.45, 2.75) is 19.9 Å². The summed E-state index contributed by atoms with van der Waals surface area (Å²) in [6, 6.07) is 3.89. The molecule has 4 heteroatoms. The number of benzene rings is 1. The Kier molecular flexibility index (Phi) is 3.15. The van der Waals surface area contributed by atoms with Crippen molar-refractivity contribution < 1.29 is 4.42 Å². The van der Waals surface area contributed by atoms with Gasteiger partial charge in [0.25, 0.3) is 0 Å². The second-order valence-corrected chi connectivity index (χ2v) is 4.62. The Morgan fingerprint density at radius 1 is 1.31 bits per heavy atom. The van der Waals surface area contributed by atoms with Gasteiger partial charge in [0, 0.05) is 10.9 Å². The third-order valence-corrected chi connectivity index (χ3v) is 3.65. The highest BCUT2D eigenvalue weighted by Crippen LogP contribution is 2.37. The van der Waals surface area contributed by atoms with Crippen molar-refractivity contribution in [2.75, 3.05) is 7.05 Å². The van der Waals surface area contributed by atoms with Crippen LogP contribution in [0, 0.1) is 6.92 Å². The molecular weight excluding hydrogens is 245 g/mol. The van der Waals surface area contributed by atoms with Gasteiger partial charge in [0.1, 0.15) is 10.8 Å². The molecule has 86 valence electrons. The van der Waals surface area contributed by atoms with Crippen LogP contribution in [0.15, 0.2) is 16.5 Å². The minimum atomic E-state index is 0.155. The van der Waals surface area contributed by atoms with Crippen LogP contribution in [0.3, 0.4) is 0 Å². The van der Waals surface area contributed by atoms with Gasteiger partial charge < -0.3 is 9.73 Å². The van der Waals surface area contributed by atoms with Gasteiger partial charge in [-0.2, -0.15) is 0 Å². The van der Waals surface area contributed by atoms with E-state index in [4.69, 9.17) is 27.6 Å². The summed E-state index contributed by atoms with van der Waals surface area (Å²) in [6.07, 6.45) is 0. The maximum atomic E-state index is 6.11. The first-order valence-corrected chi connectivity index (χ1v) is 5.86. The Bertz CT molecular complexity index is 533. The zero-order valence-electron chi connectivity index (χ0n) is 9.40. The third kappa shape index (κ3) is 1.71. The van der Waals surface area contributed by atoms with Crippen molar-refractivity contribution in [3.8, 4) is 0 Å². The van der Waals surface area contributed by atoms with Gasteiger partial charge in [-0.3, -0.25) is 0 Å². The normalized spacial score (nSPS) is 13.3. The minimum absolute atomic E-state index is 0.155. The average Bonchev–Trinajstić information content (AvgIpc) is 2.61. The lowest BCUT2D eigenvalue weighted by molar-refractivity contribution is 0.471. The molecule has 2 aromatic rings. The molecule has 2 nitrogen and oxygen atoms in total. The van der Waals surface area contributed by atoms with Crippen LogP contribution < -0.4 is 5.32 Å². The van der Waals surface area contributed by atoms with E-state index in [0.717, 1.165) is 16.7 Å². The highest BCUT2D eigenvalue weighted by molar-refractivity contribution is 6.44. The highest BCUT2D eigenvalue weighted by atomic mass is 35.5. The van der Waals surface area contributed by atoms with Crippen molar-refractivity contribution in [1.29, 1.82) is 0 Å². The van der Waals surface area contributed by atoms with E-state index in [-0.39, 0.29) is 6.04 Å². The van der Waals surface area contributed by atoms with Crippen molar-refractivity contribution in [1.82, 2.24) is 5.32 Å². The van der Waals surface area contributed by atoms with Crippen LogP contribution in [0.1, 0.15) is 24.3 Å². The summed E-state index contributed by atoms with van der Waals surface area (Å²) in [5.41, 5.74) is 1.78. The van der Waals surface area contributed by atoms with E-state index in [1.807, 2.05) is 27.0 Å². The molecule has 1 aromatic heterocycles. The summed E-state index contributed by atoms with van der Waals surface area (Å²) in [4.78, 5) is 0. The molecule has 0 aliphatic carbocycles. The van der Waals surface area contributed by atoms with E-state index in [0.29, 0.717) is 15.6 Å². The standard InChI is InChI=1S/C12H13Cl2NO/c1-6-8-4-5-9(13)10(14)12(8)16-11(6)7(2)15-3/h4-5,7,15H,1-3H3. The van der Waals surface area contributed by atoms with E-state index in [2.05, 4.69) is 5.32 Å². The molecule has 0 aliphatic rings. The van der Waals surface area contributed by atoms with E-state index in [1.54, 1.807) is 6.07 Å². The number of furan rings is 1. The maximum absolute atomic E-state index is 6.11. The summed E-state index contributed by atoms with van der Waals surface area (Å²) >= 11 is 12.1. The molecule has 1 unspecified atom stereocenters. The molecule has 0 spiro atoms. The SMILES string of the molecule is CNC(C)c1oc2c(Cl)c(Cl)ccc2c1C. The molecular formula is C12H13Cl2NO. The maximum Gasteiger partial charge on any atom is 0.154 e. The number of nitrogens with one attached hydrogen (secondary N) is 1. The summed E-state index contributed by atoms with van der Waals surface area (Å²) in [5, 5.41) is 5.17. The first-order valence-electron chi connectivity index (χ1n) is 5.10. The van der Waals surface area contributed by atoms with E-state index >= 15 is 0 Å². The fourth-order valence-corrected chi connectivity index (χ4v) is 2.14. The summed E-state index contributed by atoms with van der Waals surface area (Å²) in [6.45, 7) is 4.07. The molecule has 1 atom stereocenters. The third-order valence-electron chi connectivity index (χ3n) is 2.86. The molecule has 0 aliphatic heterocycles. The lowest BCUT2D eigenvalue weighted by atomic mass is 10.1. The monoisotopic (exact) mass is 257 g/mol. The van der Waals surface area contributed by atoms with Crippen molar-refractivity contribution in [3.05, 3.63) is 33.5 Å². The number of rotatable bonds is 2. The Morgan fingerprint density at radius 3 is 2.62 bits per heavy atom. The first-order chi connectivity index (χ1) is 7.56. The fourth-order valence-electron chi connectivity index (χ4n) is 1.79. The van der Waals surface area contributed by atoms with Crippen LogP contribution in [0.5, 0.6) is 0 Å². The lowest BCUT2D eigenvalue weighted by Crippen LogP contribution is -2.12. The highest BCUT2D eigenvalue weighted by Gasteiger charge is 2.17. The van der Waals surface area contributed by atoms with Crippen LogP contribution in [0.2, 0.25) is 10.0 Å². The number of halogens is 2. The lowest BCUT2D eigenvalue weighted by Gasteiger charge is -2.06. The Balaban J connectivity index is 2.72. The smallest absolute Gasteiger partial charge is 0.154 e. The van der Waals surface area contributed by atoms with Gasteiger partial charge in [0.15, 0.2) is 5.58 Å². The quantitative estimate of drug-likeness (QED) is 0.867. The van der Waals surface area contributed by atoms with Crippen molar-refractivity contribution in [2.24, 2.45) is 0 Å². The van der Waals surface area contributed by atoms with Gasteiger partial charge in [0.05, 0.1) is 11.1 Å². The topological polar surface area (TPSA) is 25.2 Å². The van der Waals surface area contributed by atoms with E-state index in [1.165, 1.54) is 0 Å². The number of aryl methyl sites for hydroxylation is 1. The molecule has 0 fully saturated rings. The van der Waals surface area contributed by atoms with Gasteiger partial charge in [-0.15, -0.1) is 0 Å². The van der Waals surface area contributed by atoms with Crippen molar-refractivity contribution >= 4 is 34.2 Å². The minimum Gasteiger partial charge on any atom is -0.457 e. The first kappa shape index (κ1) is 11.8. The summed E-state index contributed by atoms with van der Waals surface area (Å²) < 4.78 is 5.78. The molecule has 0 saturated carbocycles. The van der Waals surface area contributed by atoms with Gasteiger partial charge >= 0.3 is 0 Å². The second-order valence-electron chi connectivity index (χ2n) is 3.84. The zero-order valence-corrected chi connectivity index (χ0v) is 10.9. The fraction of sp³-hybridized carbons (Fsp3) is 0.333.